The summed E-state index contributed by atoms with van der Waals surface area (Å²) in [5, 5.41) is 13.5. The van der Waals surface area contributed by atoms with E-state index in [0.29, 0.717) is 40.2 Å². The average Bonchev–Trinajstić information content (AvgIpc) is 3.14. The largest absolute Gasteiger partial charge is 0.488 e. The van der Waals surface area contributed by atoms with Gasteiger partial charge in [-0.3, -0.25) is 14.9 Å². The van der Waals surface area contributed by atoms with Gasteiger partial charge in [-0.05, 0) is 31.2 Å². The van der Waals surface area contributed by atoms with Crippen LogP contribution < -0.4 is 14.8 Å². The monoisotopic (exact) mass is 442 g/mol. The van der Waals surface area contributed by atoms with Gasteiger partial charge in [-0.15, -0.1) is 11.3 Å². The number of rotatable bonds is 10. The zero-order chi connectivity index (χ0) is 22.2. The van der Waals surface area contributed by atoms with Gasteiger partial charge in [0, 0.05) is 24.1 Å². The Kier molecular flexibility index (Phi) is 7.58. The van der Waals surface area contributed by atoms with Crippen molar-refractivity contribution in [3.8, 4) is 17.2 Å². The fraction of sp³-hybridized carbons (Fsp3) is 0.227. The van der Waals surface area contributed by atoms with Gasteiger partial charge in [0.15, 0.2) is 5.13 Å². The molecule has 0 fully saturated rings. The third kappa shape index (κ3) is 6.80. The number of ether oxygens (including phenoxy) is 3. The number of nitrogens with zero attached hydrogens (tertiary/aromatic N) is 1. The highest BCUT2D eigenvalue weighted by molar-refractivity contribution is 7.14. The number of aromatic nitrogens is 1. The first-order chi connectivity index (χ1) is 14.9. The molecule has 0 saturated heterocycles. The lowest BCUT2D eigenvalue weighted by molar-refractivity contribution is -0.136. The van der Waals surface area contributed by atoms with Crippen LogP contribution in [0.5, 0.6) is 17.2 Å². The van der Waals surface area contributed by atoms with Crippen molar-refractivity contribution < 1.29 is 28.9 Å². The summed E-state index contributed by atoms with van der Waals surface area (Å²) >= 11 is 1.16. The minimum absolute atomic E-state index is 0.206. The molecule has 0 radical (unpaired) electrons. The van der Waals surface area contributed by atoms with Gasteiger partial charge in [0.1, 0.15) is 23.4 Å². The van der Waals surface area contributed by atoms with Crippen LogP contribution in [-0.2, 0) is 16.0 Å². The van der Waals surface area contributed by atoms with E-state index in [1.54, 1.807) is 42.8 Å². The number of amides is 1. The first kappa shape index (κ1) is 22.3. The van der Waals surface area contributed by atoms with Crippen LogP contribution in [0.1, 0.15) is 23.0 Å². The molecule has 1 aromatic heterocycles. The van der Waals surface area contributed by atoms with Gasteiger partial charge in [-0.25, -0.2) is 4.98 Å². The molecule has 0 saturated carbocycles. The summed E-state index contributed by atoms with van der Waals surface area (Å²) in [6.45, 7) is 2.24. The van der Waals surface area contributed by atoms with E-state index in [0.717, 1.165) is 11.3 Å². The number of aliphatic carboxylic acids is 1. The number of carboxylic acids is 1. The first-order valence-electron chi connectivity index (χ1n) is 9.44. The van der Waals surface area contributed by atoms with E-state index < -0.39 is 11.9 Å². The molecule has 0 aliphatic heterocycles. The number of thiazole rings is 1. The van der Waals surface area contributed by atoms with E-state index in [1.807, 2.05) is 25.1 Å². The first-order valence-corrected chi connectivity index (χ1v) is 10.3. The van der Waals surface area contributed by atoms with Crippen LogP contribution in [0.15, 0.2) is 53.9 Å². The van der Waals surface area contributed by atoms with Crippen molar-refractivity contribution in [3.05, 3.63) is 65.2 Å². The maximum Gasteiger partial charge on any atom is 0.309 e. The summed E-state index contributed by atoms with van der Waals surface area (Å²) in [6.07, 6.45) is -0.437. The molecule has 2 aromatic carbocycles. The van der Waals surface area contributed by atoms with Crippen LogP contribution in [0.25, 0.3) is 0 Å². The Morgan fingerprint density at radius 1 is 1.13 bits per heavy atom. The summed E-state index contributed by atoms with van der Waals surface area (Å²) in [7, 11) is 1.58. The van der Waals surface area contributed by atoms with Gasteiger partial charge in [-0.2, -0.15) is 0 Å². The number of methoxy groups -OCH3 is 1. The third-order valence-electron chi connectivity index (χ3n) is 3.96. The Morgan fingerprint density at radius 2 is 1.87 bits per heavy atom. The van der Waals surface area contributed by atoms with E-state index in [4.69, 9.17) is 19.3 Å². The van der Waals surface area contributed by atoms with Crippen LogP contribution in [0.4, 0.5) is 5.13 Å². The topological polar surface area (TPSA) is 107 Å². The minimum Gasteiger partial charge on any atom is -0.488 e. The number of carboxylic acid groups (broad SMARTS) is 1. The van der Waals surface area contributed by atoms with E-state index in [2.05, 4.69) is 10.3 Å². The molecule has 3 aromatic rings. The maximum atomic E-state index is 12.8. The molecule has 162 valence electrons. The summed E-state index contributed by atoms with van der Waals surface area (Å²) in [5.74, 6) is 0.104. The molecule has 1 heterocycles. The summed E-state index contributed by atoms with van der Waals surface area (Å²) in [6, 6.07) is 14.1. The Hall–Kier alpha value is -3.43. The lowest BCUT2D eigenvalue weighted by Gasteiger charge is -2.16. The van der Waals surface area contributed by atoms with Crippen molar-refractivity contribution in [1.29, 1.82) is 0 Å². The zero-order valence-electron chi connectivity index (χ0n) is 17.0. The van der Waals surface area contributed by atoms with E-state index in [9.17, 15) is 9.59 Å². The van der Waals surface area contributed by atoms with Crippen LogP contribution in [-0.4, -0.2) is 41.8 Å². The molecule has 31 heavy (non-hydrogen) atoms. The molecule has 0 spiro atoms. The molecule has 0 aliphatic carbocycles. The predicted octanol–water partition coefficient (Wildman–Crippen LogP) is 4.23. The second-order valence-electron chi connectivity index (χ2n) is 6.66. The highest BCUT2D eigenvalue weighted by Gasteiger charge is 2.15. The second kappa shape index (κ2) is 10.6. The molecule has 3 rings (SSSR count). The molecule has 8 nitrogen and oxygen atoms in total. The molecule has 1 atom stereocenters. The Labute approximate surface area is 183 Å². The number of benzene rings is 2. The average molecular weight is 442 g/mol. The Morgan fingerprint density at radius 3 is 2.58 bits per heavy atom. The molecule has 2 N–H and O–H groups in total. The number of carbonyl (C=O) groups excluding carboxylic acids is 1. The highest BCUT2D eigenvalue weighted by atomic mass is 32.1. The van der Waals surface area contributed by atoms with Gasteiger partial charge in [0.25, 0.3) is 5.91 Å². The van der Waals surface area contributed by atoms with Gasteiger partial charge in [0.2, 0.25) is 0 Å². The number of hydrogen-bond donors (Lipinski definition) is 2. The minimum atomic E-state index is -0.985. The number of anilines is 1. The number of para-hydroxylation sites is 1. The number of carbonyl (C=O) groups is 2. The van der Waals surface area contributed by atoms with Crippen molar-refractivity contribution in [3.63, 3.8) is 0 Å². The summed E-state index contributed by atoms with van der Waals surface area (Å²) in [4.78, 5) is 27.8. The van der Waals surface area contributed by atoms with Crippen molar-refractivity contribution in [1.82, 2.24) is 4.98 Å². The summed E-state index contributed by atoms with van der Waals surface area (Å²) in [5.41, 5.74) is 0.689. The smallest absolute Gasteiger partial charge is 0.309 e. The van der Waals surface area contributed by atoms with Gasteiger partial charge in [0.05, 0.1) is 18.7 Å². The molecule has 0 unspecified atom stereocenters. The molecule has 1 amide bonds. The van der Waals surface area contributed by atoms with Crippen molar-refractivity contribution in [2.45, 2.75) is 19.4 Å². The highest BCUT2D eigenvalue weighted by Crippen LogP contribution is 2.29. The molecule has 0 aliphatic rings. The molecule has 9 heteroatoms. The summed E-state index contributed by atoms with van der Waals surface area (Å²) < 4.78 is 16.8. The third-order valence-corrected chi connectivity index (χ3v) is 4.77. The SMILES string of the molecule is COC[C@H](C)Oc1cc(Oc2ccccc2)cc(C(=O)Nc2nc(CC(=O)O)cs2)c1. The standard InChI is InChI=1S/C22H22N2O6S/c1-14(12-28-2)29-18-8-15(9-19(11-18)30-17-6-4-3-5-7-17)21(27)24-22-23-16(13-31-22)10-20(25)26/h3-9,11,13-14H,10,12H2,1-2H3,(H,25,26)(H,23,24,27)/t14-/m0/s1. The lowest BCUT2D eigenvalue weighted by Crippen LogP contribution is -2.18. The normalized spacial score (nSPS) is 11.5. The van der Waals surface area contributed by atoms with Crippen molar-refractivity contribution >= 4 is 28.3 Å². The van der Waals surface area contributed by atoms with Gasteiger partial charge >= 0.3 is 5.97 Å². The quantitative estimate of drug-likeness (QED) is 0.484. The van der Waals surface area contributed by atoms with Crippen molar-refractivity contribution in [2.75, 3.05) is 19.0 Å². The van der Waals surface area contributed by atoms with Gasteiger partial charge in [-0.1, -0.05) is 18.2 Å². The zero-order valence-corrected chi connectivity index (χ0v) is 17.8. The van der Waals surface area contributed by atoms with Crippen molar-refractivity contribution in [2.24, 2.45) is 0 Å². The van der Waals surface area contributed by atoms with Gasteiger partial charge < -0.3 is 19.3 Å². The fourth-order valence-electron chi connectivity index (χ4n) is 2.73. The maximum absolute atomic E-state index is 12.8. The van der Waals surface area contributed by atoms with E-state index >= 15 is 0 Å². The van der Waals surface area contributed by atoms with Crippen LogP contribution in [0.2, 0.25) is 0 Å². The Bertz CT molecular complexity index is 1040. The van der Waals surface area contributed by atoms with E-state index in [1.165, 1.54) is 0 Å². The number of hydrogen-bond acceptors (Lipinski definition) is 7. The predicted molar refractivity (Wildman–Crippen MR) is 116 cm³/mol. The number of nitrogens with one attached hydrogen (secondary N) is 1. The lowest BCUT2D eigenvalue weighted by atomic mass is 10.2. The molecular formula is C22H22N2O6S. The molecular weight excluding hydrogens is 420 g/mol. The molecule has 0 bridgehead atoms. The van der Waals surface area contributed by atoms with Crippen LogP contribution >= 0.6 is 11.3 Å². The second-order valence-corrected chi connectivity index (χ2v) is 7.52. The fourth-order valence-corrected chi connectivity index (χ4v) is 3.43. The van der Waals surface area contributed by atoms with Crippen LogP contribution in [0, 0.1) is 0 Å². The van der Waals surface area contributed by atoms with E-state index in [-0.39, 0.29) is 12.5 Å². The van der Waals surface area contributed by atoms with Crippen LogP contribution in [0.3, 0.4) is 0 Å². The Balaban J connectivity index is 1.82.